The van der Waals surface area contributed by atoms with Gasteiger partial charge in [-0.15, -0.1) is 0 Å². The average molecular weight is 320 g/mol. The fraction of sp³-hybridized carbons (Fsp3) is 0.789. The predicted octanol–water partition coefficient (Wildman–Crippen LogP) is 3.64. The van der Waals surface area contributed by atoms with E-state index < -0.39 is 0 Å². The molecule has 1 saturated heterocycles. The second-order valence-electron chi connectivity index (χ2n) is 8.62. The number of fused-ring (bicyclic) bond motifs is 1. The summed E-state index contributed by atoms with van der Waals surface area (Å²) in [6.07, 6.45) is 2.90. The first-order valence-corrected chi connectivity index (χ1v) is 8.81. The van der Waals surface area contributed by atoms with E-state index in [2.05, 4.69) is 27.7 Å². The first kappa shape index (κ1) is 16.5. The molecule has 23 heavy (non-hydrogen) atoms. The van der Waals surface area contributed by atoms with E-state index in [4.69, 9.17) is 9.47 Å². The predicted molar refractivity (Wildman–Crippen MR) is 86.5 cm³/mol. The fourth-order valence-corrected chi connectivity index (χ4v) is 4.40. The van der Waals surface area contributed by atoms with Gasteiger partial charge in [0.25, 0.3) is 0 Å². The normalized spacial score (nSPS) is 36.0. The Hall–Kier alpha value is -1.32. The van der Waals surface area contributed by atoms with Gasteiger partial charge < -0.3 is 9.47 Å². The van der Waals surface area contributed by atoms with Gasteiger partial charge in [0.15, 0.2) is 0 Å². The van der Waals surface area contributed by atoms with E-state index >= 15 is 0 Å². The first-order chi connectivity index (χ1) is 10.7. The summed E-state index contributed by atoms with van der Waals surface area (Å²) < 4.78 is 11.4. The molecular formula is C19H28O4. The molecule has 0 aromatic rings. The summed E-state index contributed by atoms with van der Waals surface area (Å²) in [5.41, 5.74) is 1.92. The van der Waals surface area contributed by atoms with Crippen LogP contribution in [0.3, 0.4) is 0 Å². The van der Waals surface area contributed by atoms with Gasteiger partial charge in [0, 0.05) is 17.4 Å². The highest BCUT2D eigenvalue weighted by atomic mass is 16.6. The number of ether oxygens (including phenoxy) is 2. The Kier molecular flexibility index (Phi) is 4.06. The van der Waals surface area contributed by atoms with Crippen LogP contribution in [0.2, 0.25) is 0 Å². The molecule has 2 aliphatic carbocycles. The van der Waals surface area contributed by atoms with Gasteiger partial charge in [0.05, 0.1) is 5.92 Å². The van der Waals surface area contributed by atoms with E-state index in [1.807, 2.05) is 6.92 Å². The highest BCUT2D eigenvalue weighted by Crippen LogP contribution is 2.55. The Morgan fingerprint density at radius 2 is 2.00 bits per heavy atom. The minimum absolute atomic E-state index is 0.0321. The van der Waals surface area contributed by atoms with Crippen molar-refractivity contribution in [1.29, 1.82) is 0 Å². The Bertz CT molecular complexity index is 554. The van der Waals surface area contributed by atoms with E-state index in [0.717, 1.165) is 30.4 Å². The Labute approximate surface area is 138 Å². The molecule has 0 spiro atoms. The zero-order chi connectivity index (χ0) is 16.9. The molecule has 4 heteroatoms. The average Bonchev–Trinajstić information content (AvgIpc) is 3.07. The van der Waals surface area contributed by atoms with E-state index in [1.165, 1.54) is 0 Å². The summed E-state index contributed by atoms with van der Waals surface area (Å²) in [6, 6.07) is 0. The molecule has 0 amide bonds. The lowest BCUT2D eigenvalue weighted by atomic mass is 9.85. The largest absolute Gasteiger partial charge is 0.458 e. The van der Waals surface area contributed by atoms with Gasteiger partial charge in [-0.05, 0) is 38.0 Å². The SMILES string of the molecule is CC/C(C)=C(/CC(C)(C)C)C(=O)OC1C2CC3C(=O)OC1C3C2. The third-order valence-corrected chi connectivity index (χ3v) is 5.66. The van der Waals surface area contributed by atoms with Gasteiger partial charge in [-0.1, -0.05) is 33.3 Å². The van der Waals surface area contributed by atoms with Gasteiger partial charge in [-0.2, -0.15) is 0 Å². The molecule has 1 aliphatic heterocycles. The van der Waals surface area contributed by atoms with Crippen molar-refractivity contribution in [2.75, 3.05) is 0 Å². The number of carbonyl (C=O) groups excluding carboxylic acids is 2. The quantitative estimate of drug-likeness (QED) is 0.586. The molecule has 0 radical (unpaired) electrons. The zero-order valence-corrected chi connectivity index (χ0v) is 14.8. The van der Waals surface area contributed by atoms with Crippen molar-refractivity contribution < 1.29 is 19.1 Å². The molecule has 4 nitrogen and oxygen atoms in total. The lowest BCUT2D eigenvalue weighted by molar-refractivity contribution is -0.158. The number of carbonyl (C=O) groups is 2. The van der Waals surface area contributed by atoms with E-state index in [1.54, 1.807) is 0 Å². The van der Waals surface area contributed by atoms with Crippen LogP contribution < -0.4 is 0 Å². The first-order valence-electron chi connectivity index (χ1n) is 8.81. The lowest BCUT2D eigenvalue weighted by Gasteiger charge is -2.27. The summed E-state index contributed by atoms with van der Waals surface area (Å²) in [5, 5.41) is 0. The molecule has 5 atom stereocenters. The molecule has 3 aliphatic rings. The maximum atomic E-state index is 12.8. The second kappa shape index (κ2) is 5.64. The van der Waals surface area contributed by atoms with Crippen molar-refractivity contribution >= 4 is 11.9 Å². The number of rotatable bonds is 4. The molecule has 0 N–H and O–H groups in total. The highest BCUT2D eigenvalue weighted by molar-refractivity contribution is 5.89. The van der Waals surface area contributed by atoms with Crippen LogP contribution in [0.4, 0.5) is 0 Å². The fourth-order valence-electron chi connectivity index (χ4n) is 4.40. The zero-order valence-electron chi connectivity index (χ0n) is 14.8. The number of hydrogen-bond acceptors (Lipinski definition) is 4. The number of esters is 2. The van der Waals surface area contributed by atoms with Crippen LogP contribution in [0.5, 0.6) is 0 Å². The molecule has 0 aromatic carbocycles. The van der Waals surface area contributed by atoms with E-state index in [0.29, 0.717) is 12.3 Å². The summed E-state index contributed by atoms with van der Waals surface area (Å²) in [7, 11) is 0. The maximum Gasteiger partial charge on any atom is 0.334 e. The van der Waals surface area contributed by atoms with Crippen LogP contribution in [-0.4, -0.2) is 24.1 Å². The molecule has 3 fully saturated rings. The monoisotopic (exact) mass is 320 g/mol. The van der Waals surface area contributed by atoms with Crippen LogP contribution in [-0.2, 0) is 19.1 Å². The summed E-state index contributed by atoms with van der Waals surface area (Å²) in [4.78, 5) is 24.6. The van der Waals surface area contributed by atoms with Gasteiger partial charge in [-0.25, -0.2) is 4.79 Å². The third kappa shape index (κ3) is 2.92. The van der Waals surface area contributed by atoms with Crippen molar-refractivity contribution in [2.45, 2.75) is 72.5 Å². The van der Waals surface area contributed by atoms with Crippen LogP contribution in [0.25, 0.3) is 0 Å². The molecule has 1 heterocycles. The van der Waals surface area contributed by atoms with Crippen molar-refractivity contribution in [2.24, 2.45) is 23.2 Å². The Morgan fingerprint density at radius 3 is 2.61 bits per heavy atom. The molecule has 128 valence electrons. The van der Waals surface area contributed by atoms with Crippen molar-refractivity contribution in [3.8, 4) is 0 Å². The molecule has 5 unspecified atom stereocenters. The van der Waals surface area contributed by atoms with Gasteiger partial charge in [-0.3, -0.25) is 4.79 Å². The molecule has 2 bridgehead atoms. The van der Waals surface area contributed by atoms with E-state index in [9.17, 15) is 9.59 Å². The van der Waals surface area contributed by atoms with Gasteiger partial charge >= 0.3 is 11.9 Å². The summed E-state index contributed by atoms with van der Waals surface area (Å²) in [5.74, 6) is 0.324. The van der Waals surface area contributed by atoms with Crippen molar-refractivity contribution in [3.05, 3.63) is 11.1 Å². The number of allylic oxidation sites excluding steroid dienone is 1. The smallest absolute Gasteiger partial charge is 0.334 e. The Balaban J connectivity index is 1.74. The van der Waals surface area contributed by atoms with Crippen LogP contribution >= 0.6 is 0 Å². The van der Waals surface area contributed by atoms with Crippen molar-refractivity contribution in [1.82, 2.24) is 0 Å². The summed E-state index contributed by atoms with van der Waals surface area (Å²) >= 11 is 0. The highest BCUT2D eigenvalue weighted by Gasteiger charge is 2.63. The second-order valence-corrected chi connectivity index (χ2v) is 8.62. The molecule has 3 rings (SSSR count). The maximum absolute atomic E-state index is 12.8. The third-order valence-electron chi connectivity index (χ3n) is 5.66. The van der Waals surface area contributed by atoms with Crippen LogP contribution in [0.15, 0.2) is 11.1 Å². The minimum atomic E-state index is -0.241. The van der Waals surface area contributed by atoms with Crippen LogP contribution in [0, 0.1) is 23.2 Å². The summed E-state index contributed by atoms with van der Waals surface area (Å²) in [6.45, 7) is 10.5. The topological polar surface area (TPSA) is 52.6 Å². The minimum Gasteiger partial charge on any atom is -0.458 e. The van der Waals surface area contributed by atoms with Crippen molar-refractivity contribution in [3.63, 3.8) is 0 Å². The molecular weight excluding hydrogens is 292 g/mol. The molecule has 0 aromatic heterocycles. The number of hydrogen-bond donors (Lipinski definition) is 0. The Morgan fingerprint density at radius 1 is 1.30 bits per heavy atom. The standard InChI is InChI=1S/C19H28O4/c1-6-10(2)14(9-19(3,4)5)18(21)22-15-11-7-12-13(8-11)17(20)23-16(12)15/h11-13,15-16H,6-9H2,1-5H3/b14-10-. The van der Waals surface area contributed by atoms with Gasteiger partial charge in [0.1, 0.15) is 12.2 Å². The van der Waals surface area contributed by atoms with Gasteiger partial charge in [0.2, 0.25) is 0 Å². The molecule has 2 saturated carbocycles. The van der Waals surface area contributed by atoms with Crippen LogP contribution in [0.1, 0.15) is 60.3 Å². The van der Waals surface area contributed by atoms with E-state index in [-0.39, 0.29) is 41.4 Å². The lowest BCUT2D eigenvalue weighted by Crippen LogP contribution is -2.36.